The van der Waals surface area contributed by atoms with Crippen molar-refractivity contribution in [3.63, 3.8) is 0 Å². The molecule has 2 aromatic carbocycles. The highest BCUT2D eigenvalue weighted by Crippen LogP contribution is 2.26. The Balaban J connectivity index is 1.35. The van der Waals surface area contributed by atoms with Gasteiger partial charge < -0.3 is 25.6 Å². The van der Waals surface area contributed by atoms with Crippen LogP contribution in [0.5, 0.6) is 23.1 Å². The van der Waals surface area contributed by atoms with Crippen LogP contribution in [0.1, 0.15) is 46.4 Å². The van der Waals surface area contributed by atoms with Gasteiger partial charge in [-0.25, -0.2) is 13.8 Å². The first kappa shape index (κ1) is 23.9. The molecule has 4 rings (SSSR count). The second-order valence-electron chi connectivity index (χ2n) is 8.26. The monoisotopic (exact) mass is 483 g/mol. The number of aromatic nitrogens is 1. The topological polar surface area (TPSA) is 121 Å². The van der Waals surface area contributed by atoms with E-state index in [-0.39, 0.29) is 46.3 Å². The van der Waals surface area contributed by atoms with Crippen LogP contribution in [-0.4, -0.2) is 39.1 Å². The molecule has 0 radical (unpaired) electrons. The number of hydrogen-bond acceptors (Lipinski definition) is 6. The van der Waals surface area contributed by atoms with Gasteiger partial charge in [0.2, 0.25) is 5.88 Å². The maximum Gasteiger partial charge on any atom is 0.257 e. The summed E-state index contributed by atoms with van der Waals surface area (Å²) in [5, 5.41) is 25.1. The first-order chi connectivity index (χ1) is 16.8. The number of ether oxygens (including phenoxy) is 1. The second kappa shape index (κ2) is 10.4. The van der Waals surface area contributed by atoms with Gasteiger partial charge in [0.25, 0.3) is 11.8 Å². The predicted molar refractivity (Wildman–Crippen MR) is 121 cm³/mol. The number of phenolic OH excluding ortho intramolecular Hbond substituents is 2. The molecule has 0 atom stereocenters. The van der Waals surface area contributed by atoms with Crippen molar-refractivity contribution < 1.29 is 33.3 Å². The highest BCUT2D eigenvalue weighted by molar-refractivity contribution is 5.97. The Hall–Kier alpha value is -4.21. The largest absolute Gasteiger partial charge is 0.508 e. The molecular weight excluding hydrogens is 460 g/mol. The van der Waals surface area contributed by atoms with E-state index in [4.69, 9.17) is 4.74 Å². The summed E-state index contributed by atoms with van der Waals surface area (Å²) >= 11 is 0. The van der Waals surface area contributed by atoms with Gasteiger partial charge in [-0.15, -0.1) is 0 Å². The molecule has 1 heterocycles. The number of carbonyl (C=O) groups is 2. The number of hydrogen-bond donors (Lipinski definition) is 4. The van der Waals surface area contributed by atoms with Gasteiger partial charge in [0.05, 0.1) is 11.8 Å². The molecule has 35 heavy (non-hydrogen) atoms. The number of amides is 2. The van der Waals surface area contributed by atoms with E-state index < -0.39 is 23.4 Å². The molecule has 1 aliphatic carbocycles. The molecule has 1 fully saturated rings. The zero-order chi connectivity index (χ0) is 24.9. The molecule has 4 N–H and O–H groups in total. The lowest BCUT2D eigenvalue weighted by molar-refractivity contribution is 0.0888. The second-order valence-corrected chi connectivity index (χ2v) is 8.26. The third-order valence-corrected chi connectivity index (χ3v) is 5.71. The van der Waals surface area contributed by atoms with Crippen LogP contribution in [0.2, 0.25) is 0 Å². The minimum absolute atomic E-state index is 0.0206. The molecule has 8 nitrogen and oxygen atoms in total. The zero-order valence-electron chi connectivity index (χ0n) is 18.5. The predicted octanol–water partition coefficient (Wildman–Crippen LogP) is 4.03. The average Bonchev–Trinajstić information content (AvgIpc) is 2.84. The highest BCUT2D eigenvalue weighted by atomic mass is 19.1. The molecular formula is C25H23F2N3O5. The summed E-state index contributed by atoms with van der Waals surface area (Å²) in [4.78, 5) is 29.2. The van der Waals surface area contributed by atoms with Crippen molar-refractivity contribution in [1.29, 1.82) is 0 Å². The normalized spacial score (nSPS) is 17.4. The Labute approximate surface area is 199 Å². The third-order valence-electron chi connectivity index (χ3n) is 5.71. The minimum Gasteiger partial charge on any atom is -0.508 e. The van der Waals surface area contributed by atoms with Gasteiger partial charge in [0.15, 0.2) is 0 Å². The van der Waals surface area contributed by atoms with E-state index >= 15 is 0 Å². The number of phenols is 2. The van der Waals surface area contributed by atoms with Gasteiger partial charge >= 0.3 is 0 Å². The van der Waals surface area contributed by atoms with Crippen LogP contribution in [-0.2, 0) is 0 Å². The van der Waals surface area contributed by atoms with Crippen molar-refractivity contribution in [2.75, 3.05) is 0 Å². The van der Waals surface area contributed by atoms with Gasteiger partial charge in [-0.3, -0.25) is 9.59 Å². The Bertz CT molecular complexity index is 1230. The van der Waals surface area contributed by atoms with Crippen molar-refractivity contribution in [3.05, 3.63) is 77.5 Å². The van der Waals surface area contributed by atoms with E-state index in [0.717, 1.165) is 12.3 Å². The summed E-state index contributed by atoms with van der Waals surface area (Å²) in [6, 6.07) is 9.47. The summed E-state index contributed by atoms with van der Waals surface area (Å²) in [7, 11) is 0. The lowest BCUT2D eigenvalue weighted by atomic mass is 9.90. The molecule has 182 valence electrons. The first-order valence-corrected chi connectivity index (χ1v) is 11.0. The molecule has 0 spiro atoms. The van der Waals surface area contributed by atoms with Crippen LogP contribution >= 0.6 is 0 Å². The molecule has 0 unspecified atom stereocenters. The highest BCUT2D eigenvalue weighted by Gasteiger charge is 2.26. The number of halogens is 2. The molecule has 0 bridgehead atoms. The summed E-state index contributed by atoms with van der Waals surface area (Å²) in [5.41, 5.74) is -0.114. The summed E-state index contributed by atoms with van der Waals surface area (Å²) in [6.45, 7) is 0. The van der Waals surface area contributed by atoms with Crippen LogP contribution in [0.4, 0.5) is 8.78 Å². The van der Waals surface area contributed by atoms with Crippen molar-refractivity contribution in [1.82, 2.24) is 15.6 Å². The van der Waals surface area contributed by atoms with E-state index in [2.05, 4.69) is 15.6 Å². The Morgan fingerprint density at radius 1 is 0.829 bits per heavy atom. The van der Waals surface area contributed by atoms with Crippen molar-refractivity contribution >= 4 is 11.8 Å². The minimum atomic E-state index is -0.705. The van der Waals surface area contributed by atoms with Crippen LogP contribution in [0.25, 0.3) is 0 Å². The van der Waals surface area contributed by atoms with E-state index in [1.54, 1.807) is 0 Å². The van der Waals surface area contributed by atoms with E-state index in [9.17, 15) is 28.6 Å². The van der Waals surface area contributed by atoms with Gasteiger partial charge in [0.1, 0.15) is 34.4 Å². The number of nitrogens with zero attached hydrogens (tertiary/aromatic N) is 1. The summed E-state index contributed by atoms with van der Waals surface area (Å²) in [5.74, 6) is -2.45. The molecule has 1 saturated carbocycles. The SMILES string of the molecule is O=C(NC1CCC(NC(=O)c2cc(F)cnc2Oc2ccc(F)cc2)CC1)c1cc(O)ccc1O. The fraction of sp³-hybridized carbons (Fsp3) is 0.240. The number of nitrogens with one attached hydrogen (secondary N) is 2. The quantitative estimate of drug-likeness (QED) is 0.393. The first-order valence-electron chi connectivity index (χ1n) is 11.0. The molecule has 10 heteroatoms. The average molecular weight is 483 g/mol. The molecule has 1 aromatic heterocycles. The Morgan fingerprint density at radius 3 is 2.06 bits per heavy atom. The molecule has 1 aliphatic rings. The van der Waals surface area contributed by atoms with Gasteiger partial charge in [-0.1, -0.05) is 0 Å². The smallest absolute Gasteiger partial charge is 0.257 e. The number of rotatable bonds is 6. The zero-order valence-corrected chi connectivity index (χ0v) is 18.5. The van der Waals surface area contributed by atoms with E-state index in [0.29, 0.717) is 25.7 Å². The standard InChI is InChI=1S/C25H23F2N3O5/c26-14-1-8-19(9-2-14)35-25-21(11-15(27)13-28-25)24(34)30-17-5-3-16(4-6-17)29-23(33)20-12-18(31)7-10-22(20)32/h1-2,7-13,16-17,31-32H,3-6H2,(H,29,33)(H,30,34). The van der Waals surface area contributed by atoms with Crippen LogP contribution in [0.15, 0.2) is 54.7 Å². The number of benzene rings is 2. The molecule has 2 amide bonds. The number of aromatic hydroxyl groups is 2. The van der Waals surface area contributed by atoms with Crippen molar-refractivity contribution in [2.24, 2.45) is 0 Å². The van der Waals surface area contributed by atoms with E-state index in [1.165, 1.54) is 42.5 Å². The van der Waals surface area contributed by atoms with E-state index in [1.807, 2.05) is 0 Å². The van der Waals surface area contributed by atoms with Crippen LogP contribution < -0.4 is 15.4 Å². The van der Waals surface area contributed by atoms with Gasteiger partial charge in [-0.05, 0) is 74.2 Å². The third kappa shape index (κ3) is 6.03. The maximum absolute atomic E-state index is 13.8. The van der Waals surface area contributed by atoms with Crippen LogP contribution in [0, 0.1) is 11.6 Å². The lowest BCUT2D eigenvalue weighted by Crippen LogP contribution is -2.43. The summed E-state index contributed by atoms with van der Waals surface area (Å²) in [6.07, 6.45) is 3.17. The number of carbonyl (C=O) groups excluding carboxylic acids is 2. The molecule has 3 aromatic rings. The van der Waals surface area contributed by atoms with Crippen LogP contribution in [0.3, 0.4) is 0 Å². The Morgan fingerprint density at radius 2 is 1.43 bits per heavy atom. The molecule has 0 aliphatic heterocycles. The van der Waals surface area contributed by atoms with Gasteiger partial charge in [-0.2, -0.15) is 0 Å². The van der Waals surface area contributed by atoms with Gasteiger partial charge in [0, 0.05) is 12.1 Å². The van der Waals surface area contributed by atoms with Crippen molar-refractivity contribution in [2.45, 2.75) is 37.8 Å². The Kier molecular flexibility index (Phi) is 7.09. The fourth-order valence-electron chi connectivity index (χ4n) is 3.90. The summed E-state index contributed by atoms with van der Waals surface area (Å²) < 4.78 is 32.5. The molecule has 0 saturated heterocycles. The number of pyridine rings is 1. The van der Waals surface area contributed by atoms with Crippen molar-refractivity contribution in [3.8, 4) is 23.1 Å². The fourth-order valence-corrected chi connectivity index (χ4v) is 3.90. The lowest BCUT2D eigenvalue weighted by Gasteiger charge is -2.29. The maximum atomic E-state index is 13.8.